The van der Waals surface area contributed by atoms with Gasteiger partial charge in [0, 0.05) is 0 Å². The molecule has 0 aromatic rings. The van der Waals surface area contributed by atoms with Gasteiger partial charge < -0.3 is 5.11 Å². The molecule has 0 aliphatic heterocycles. The monoisotopic (exact) mass is 398 g/mol. The first-order valence-electron chi connectivity index (χ1n) is 11.9. The van der Waals surface area contributed by atoms with Crippen LogP contribution in [0.5, 0.6) is 0 Å². The molecule has 3 aliphatic rings. The minimum Gasteiger partial charge on any atom is -0.481 e. The molecule has 2 saturated carbocycles. The smallest absolute Gasteiger partial charge is 0.306 e. The number of carboxylic acid groups (broad SMARTS) is 1. The zero-order valence-electron chi connectivity index (χ0n) is 19.3. The topological polar surface area (TPSA) is 37.3 Å². The molecule has 0 spiro atoms. The van der Waals surface area contributed by atoms with Crippen LogP contribution in [-0.4, -0.2) is 11.1 Å². The van der Waals surface area contributed by atoms with Crippen LogP contribution in [0.3, 0.4) is 0 Å². The van der Waals surface area contributed by atoms with Gasteiger partial charge in [0.1, 0.15) is 0 Å². The summed E-state index contributed by atoms with van der Waals surface area (Å²) in [6.07, 6.45) is 21.1. The summed E-state index contributed by atoms with van der Waals surface area (Å²) in [4.78, 5) is 11.2. The van der Waals surface area contributed by atoms with Crippen LogP contribution in [0.15, 0.2) is 36.0 Å². The maximum Gasteiger partial charge on any atom is 0.306 e. The Labute approximate surface area is 178 Å². The molecule has 2 heteroatoms. The minimum absolute atomic E-state index is 0.109. The standard InChI is InChI=1S/C27H42O2/c1-26(2,3)16-14-21-15-17-27(4,5)24-13-10-20(18-23(21)24)7-6-19-8-11-22(12-9-19)25(28)29/h6-7,14-16,19-20,22-24H,8-13,17-18H2,1-5H3,(H,28,29)/b7-6+,16-14-. The van der Waals surface area contributed by atoms with E-state index in [1.54, 1.807) is 5.57 Å². The number of hydrogen-bond donors (Lipinski definition) is 1. The fourth-order valence-corrected chi connectivity index (χ4v) is 5.78. The van der Waals surface area contributed by atoms with Crippen molar-refractivity contribution in [2.24, 2.45) is 40.4 Å². The van der Waals surface area contributed by atoms with Crippen molar-refractivity contribution >= 4 is 5.97 Å². The molecular formula is C27H42O2. The summed E-state index contributed by atoms with van der Waals surface area (Å²) in [6, 6.07) is 0. The fraction of sp³-hybridized carbons (Fsp3) is 0.741. The summed E-state index contributed by atoms with van der Waals surface area (Å²) in [5, 5.41) is 9.20. The predicted octanol–water partition coefficient (Wildman–Crippen LogP) is 7.42. The summed E-state index contributed by atoms with van der Waals surface area (Å²) in [6.45, 7) is 11.8. The Morgan fingerprint density at radius 2 is 1.66 bits per heavy atom. The van der Waals surface area contributed by atoms with Crippen molar-refractivity contribution < 1.29 is 9.90 Å². The van der Waals surface area contributed by atoms with E-state index >= 15 is 0 Å². The van der Waals surface area contributed by atoms with Gasteiger partial charge in [-0.15, -0.1) is 0 Å². The van der Waals surface area contributed by atoms with E-state index in [0.717, 1.165) is 31.6 Å². The first kappa shape index (κ1) is 22.4. The van der Waals surface area contributed by atoms with Crippen molar-refractivity contribution in [2.45, 2.75) is 86.0 Å². The lowest BCUT2D eigenvalue weighted by atomic mass is 9.57. The van der Waals surface area contributed by atoms with Crippen molar-refractivity contribution in [1.82, 2.24) is 0 Å². The first-order chi connectivity index (χ1) is 13.5. The Bertz CT molecular complexity index is 665. The maximum absolute atomic E-state index is 11.2. The van der Waals surface area contributed by atoms with E-state index in [9.17, 15) is 9.90 Å². The number of fused-ring (bicyclic) bond motifs is 1. The van der Waals surface area contributed by atoms with Crippen molar-refractivity contribution in [2.75, 3.05) is 0 Å². The van der Waals surface area contributed by atoms with Crippen LogP contribution in [-0.2, 0) is 4.79 Å². The Morgan fingerprint density at radius 3 is 2.28 bits per heavy atom. The largest absolute Gasteiger partial charge is 0.481 e. The lowest BCUT2D eigenvalue weighted by Gasteiger charge is -2.48. The molecule has 3 atom stereocenters. The van der Waals surface area contributed by atoms with Gasteiger partial charge in [0.05, 0.1) is 5.92 Å². The van der Waals surface area contributed by atoms with Crippen LogP contribution in [0, 0.1) is 40.4 Å². The summed E-state index contributed by atoms with van der Waals surface area (Å²) in [5.41, 5.74) is 2.21. The lowest BCUT2D eigenvalue weighted by Crippen LogP contribution is -2.38. The zero-order valence-corrected chi connectivity index (χ0v) is 19.3. The quantitative estimate of drug-likeness (QED) is 0.500. The summed E-state index contributed by atoms with van der Waals surface area (Å²) >= 11 is 0. The molecule has 3 rings (SSSR count). The van der Waals surface area contributed by atoms with Crippen LogP contribution >= 0.6 is 0 Å². The molecule has 1 N–H and O–H groups in total. The third-order valence-corrected chi connectivity index (χ3v) is 7.74. The average molecular weight is 399 g/mol. The molecule has 3 unspecified atom stereocenters. The Balaban J connectivity index is 1.65. The highest BCUT2D eigenvalue weighted by Crippen LogP contribution is 2.52. The normalized spacial score (nSPS) is 35.5. The summed E-state index contributed by atoms with van der Waals surface area (Å²) < 4.78 is 0. The number of carboxylic acids is 1. The van der Waals surface area contributed by atoms with E-state index in [4.69, 9.17) is 0 Å². The highest BCUT2D eigenvalue weighted by Gasteiger charge is 2.42. The van der Waals surface area contributed by atoms with Gasteiger partial charge in [0.25, 0.3) is 0 Å². The molecule has 0 amide bonds. The molecule has 0 heterocycles. The molecule has 0 bridgehead atoms. The van der Waals surface area contributed by atoms with Crippen LogP contribution in [0.2, 0.25) is 0 Å². The maximum atomic E-state index is 11.2. The molecule has 29 heavy (non-hydrogen) atoms. The van der Waals surface area contributed by atoms with Crippen molar-refractivity contribution in [3.8, 4) is 0 Å². The second kappa shape index (κ2) is 8.82. The Morgan fingerprint density at radius 1 is 1.03 bits per heavy atom. The molecule has 2 nitrogen and oxygen atoms in total. The van der Waals surface area contributed by atoms with Crippen LogP contribution < -0.4 is 0 Å². The van der Waals surface area contributed by atoms with E-state index in [1.807, 2.05) is 0 Å². The number of hydrogen-bond acceptors (Lipinski definition) is 1. The molecule has 0 saturated heterocycles. The van der Waals surface area contributed by atoms with Crippen molar-refractivity contribution in [3.05, 3.63) is 36.0 Å². The van der Waals surface area contributed by atoms with E-state index in [2.05, 4.69) is 65.0 Å². The van der Waals surface area contributed by atoms with Crippen molar-refractivity contribution in [3.63, 3.8) is 0 Å². The number of carbonyl (C=O) groups is 1. The van der Waals surface area contributed by atoms with E-state index < -0.39 is 5.97 Å². The van der Waals surface area contributed by atoms with Gasteiger partial charge >= 0.3 is 5.97 Å². The van der Waals surface area contributed by atoms with Crippen LogP contribution in [0.25, 0.3) is 0 Å². The van der Waals surface area contributed by atoms with E-state index in [1.165, 1.54) is 25.7 Å². The highest BCUT2D eigenvalue weighted by atomic mass is 16.4. The number of aliphatic carboxylic acids is 1. The molecule has 0 aromatic carbocycles. The fourth-order valence-electron chi connectivity index (χ4n) is 5.78. The van der Waals surface area contributed by atoms with Crippen molar-refractivity contribution in [1.29, 1.82) is 0 Å². The zero-order chi connectivity index (χ0) is 21.2. The van der Waals surface area contributed by atoms with Gasteiger partial charge in [-0.3, -0.25) is 4.79 Å². The summed E-state index contributed by atoms with van der Waals surface area (Å²) in [7, 11) is 0. The Kier molecular flexibility index (Phi) is 6.81. The molecule has 0 radical (unpaired) electrons. The van der Waals surface area contributed by atoms with Gasteiger partial charge in [-0.25, -0.2) is 0 Å². The lowest BCUT2D eigenvalue weighted by molar-refractivity contribution is -0.142. The average Bonchev–Trinajstić information content (AvgIpc) is 2.65. The molecule has 3 aliphatic carbocycles. The first-order valence-corrected chi connectivity index (χ1v) is 11.9. The van der Waals surface area contributed by atoms with Crippen LogP contribution in [0.4, 0.5) is 0 Å². The van der Waals surface area contributed by atoms with Gasteiger partial charge in [0.2, 0.25) is 0 Å². The van der Waals surface area contributed by atoms with Gasteiger partial charge in [-0.05, 0) is 91.4 Å². The molecule has 2 fully saturated rings. The highest BCUT2D eigenvalue weighted by molar-refractivity contribution is 5.70. The van der Waals surface area contributed by atoms with Gasteiger partial charge in [-0.1, -0.05) is 65.0 Å². The van der Waals surface area contributed by atoms with Gasteiger partial charge in [0.15, 0.2) is 0 Å². The predicted molar refractivity (Wildman–Crippen MR) is 122 cm³/mol. The SMILES string of the molecule is CC(C)(C)/C=C\C1=CCC(C)(C)C2CCC(/C=C/C3CCC(C(=O)O)CC3)CC12. The van der Waals surface area contributed by atoms with E-state index in [0.29, 0.717) is 23.2 Å². The van der Waals surface area contributed by atoms with Gasteiger partial charge in [-0.2, -0.15) is 0 Å². The third-order valence-electron chi connectivity index (χ3n) is 7.74. The van der Waals surface area contributed by atoms with Crippen LogP contribution in [0.1, 0.15) is 86.0 Å². The summed E-state index contributed by atoms with van der Waals surface area (Å²) in [5.74, 6) is 2.03. The number of allylic oxidation sites excluding steroid dienone is 6. The second-order valence-corrected chi connectivity index (χ2v) is 11.7. The van der Waals surface area contributed by atoms with E-state index in [-0.39, 0.29) is 11.3 Å². The Hall–Kier alpha value is -1.31. The second-order valence-electron chi connectivity index (χ2n) is 11.7. The molecule has 162 valence electrons. The molecule has 0 aromatic heterocycles. The molecular weight excluding hydrogens is 356 g/mol. The minimum atomic E-state index is -0.603. The number of rotatable bonds is 4. The third kappa shape index (κ3) is 5.86.